The third kappa shape index (κ3) is 2.22. The normalized spacial score (nSPS) is 22.1. The number of hydrogen-bond acceptors (Lipinski definition) is 2. The highest BCUT2D eigenvalue weighted by molar-refractivity contribution is 9.10. The Morgan fingerprint density at radius 2 is 1.90 bits per heavy atom. The highest BCUT2D eigenvalue weighted by Crippen LogP contribution is 2.27. The zero-order valence-corrected chi connectivity index (χ0v) is 12.3. The molecule has 106 valence electrons. The number of halogens is 1. The Balaban J connectivity index is 1.79. The molecule has 0 bridgehead atoms. The maximum absolute atomic E-state index is 12.4. The van der Waals surface area contributed by atoms with Crippen molar-refractivity contribution in [3.63, 3.8) is 0 Å². The molecule has 1 aromatic carbocycles. The number of carbonyl (C=O) groups is 2. The second-order valence-corrected chi connectivity index (χ2v) is 5.86. The molecule has 2 heterocycles. The number of nitrogens with zero attached hydrogens (tertiary/aromatic N) is 3. The van der Waals surface area contributed by atoms with Crippen LogP contribution in [0.4, 0.5) is 15.3 Å². The van der Waals surface area contributed by atoms with Crippen molar-refractivity contribution in [1.29, 1.82) is 0 Å². The molecule has 3 rings (SSSR count). The molecule has 2 saturated heterocycles. The van der Waals surface area contributed by atoms with Gasteiger partial charge in [-0.1, -0.05) is 15.9 Å². The van der Waals surface area contributed by atoms with Gasteiger partial charge in [-0.25, -0.2) is 9.59 Å². The molecule has 2 aliphatic heterocycles. The van der Waals surface area contributed by atoms with Gasteiger partial charge < -0.3 is 14.9 Å². The lowest BCUT2D eigenvalue weighted by Gasteiger charge is -2.34. The molecule has 0 spiro atoms. The van der Waals surface area contributed by atoms with Crippen LogP contribution in [0, 0.1) is 0 Å². The third-order valence-corrected chi connectivity index (χ3v) is 4.29. The second-order valence-electron chi connectivity index (χ2n) is 4.95. The van der Waals surface area contributed by atoms with Crippen LogP contribution in [0.15, 0.2) is 28.7 Å². The van der Waals surface area contributed by atoms with Gasteiger partial charge in [0.1, 0.15) is 0 Å². The van der Waals surface area contributed by atoms with E-state index in [1.165, 1.54) is 4.90 Å². The Kier molecular flexibility index (Phi) is 3.29. The van der Waals surface area contributed by atoms with Crippen LogP contribution in [0.2, 0.25) is 0 Å². The van der Waals surface area contributed by atoms with Gasteiger partial charge >= 0.3 is 12.1 Å². The fourth-order valence-electron chi connectivity index (χ4n) is 2.72. The maximum atomic E-state index is 12.4. The second kappa shape index (κ2) is 4.97. The van der Waals surface area contributed by atoms with Gasteiger partial charge in [0.25, 0.3) is 0 Å². The van der Waals surface area contributed by atoms with Crippen molar-refractivity contribution in [2.45, 2.75) is 6.04 Å². The highest BCUT2D eigenvalue weighted by atomic mass is 79.9. The fraction of sp³-hybridized carbons (Fsp3) is 0.385. The summed E-state index contributed by atoms with van der Waals surface area (Å²) in [7, 11) is 0. The van der Waals surface area contributed by atoms with Gasteiger partial charge in [-0.15, -0.1) is 0 Å². The van der Waals surface area contributed by atoms with Crippen LogP contribution in [0.3, 0.4) is 0 Å². The van der Waals surface area contributed by atoms with E-state index < -0.39 is 6.09 Å². The van der Waals surface area contributed by atoms with Crippen molar-refractivity contribution in [1.82, 2.24) is 9.80 Å². The van der Waals surface area contributed by atoms with E-state index >= 15 is 0 Å². The summed E-state index contributed by atoms with van der Waals surface area (Å²) >= 11 is 3.37. The first-order chi connectivity index (χ1) is 9.56. The van der Waals surface area contributed by atoms with Crippen LogP contribution >= 0.6 is 15.9 Å². The van der Waals surface area contributed by atoms with Crippen LogP contribution in [-0.2, 0) is 0 Å². The van der Waals surface area contributed by atoms with E-state index in [2.05, 4.69) is 15.9 Å². The minimum atomic E-state index is -0.917. The predicted octanol–water partition coefficient (Wildman–Crippen LogP) is 2.05. The minimum absolute atomic E-state index is 0.0395. The molecule has 3 amide bonds. The van der Waals surface area contributed by atoms with Crippen molar-refractivity contribution in [2.24, 2.45) is 0 Å². The molecule has 0 aromatic heterocycles. The van der Waals surface area contributed by atoms with Crippen LogP contribution in [0.5, 0.6) is 0 Å². The minimum Gasteiger partial charge on any atom is -0.465 e. The monoisotopic (exact) mass is 339 g/mol. The number of rotatable bonds is 1. The molecule has 7 heteroatoms. The van der Waals surface area contributed by atoms with Gasteiger partial charge in [-0.2, -0.15) is 0 Å². The molecular weight excluding hydrogens is 326 g/mol. The lowest BCUT2D eigenvalue weighted by atomic mass is 10.2. The van der Waals surface area contributed by atoms with Gasteiger partial charge in [0.05, 0.1) is 6.04 Å². The molecule has 1 N–H and O–H groups in total. The lowest BCUT2D eigenvalue weighted by Crippen LogP contribution is -2.53. The van der Waals surface area contributed by atoms with Crippen molar-refractivity contribution in [2.75, 3.05) is 31.1 Å². The topological polar surface area (TPSA) is 64.1 Å². The van der Waals surface area contributed by atoms with Gasteiger partial charge in [-0.05, 0) is 24.3 Å². The summed E-state index contributed by atoms with van der Waals surface area (Å²) in [5.41, 5.74) is 0.842. The number of carboxylic acid groups (broad SMARTS) is 1. The number of benzene rings is 1. The Hall–Kier alpha value is -1.76. The lowest BCUT2D eigenvalue weighted by molar-refractivity contribution is 0.0997. The van der Waals surface area contributed by atoms with E-state index in [0.717, 1.165) is 10.2 Å². The van der Waals surface area contributed by atoms with Crippen LogP contribution in [0.25, 0.3) is 0 Å². The maximum Gasteiger partial charge on any atom is 0.407 e. The molecule has 2 aliphatic rings. The molecule has 0 radical (unpaired) electrons. The average molecular weight is 340 g/mol. The average Bonchev–Trinajstić information content (AvgIpc) is 2.76. The van der Waals surface area contributed by atoms with Crippen LogP contribution in [-0.4, -0.2) is 59.3 Å². The van der Waals surface area contributed by atoms with Crippen LogP contribution < -0.4 is 4.90 Å². The van der Waals surface area contributed by atoms with E-state index in [1.54, 1.807) is 9.80 Å². The SMILES string of the molecule is O=C(O)N1CCN2C(=O)N(c3ccc(Br)cc3)CC2C1. The van der Waals surface area contributed by atoms with Crippen LogP contribution in [0.1, 0.15) is 0 Å². The van der Waals surface area contributed by atoms with Crippen molar-refractivity contribution in [3.05, 3.63) is 28.7 Å². The summed E-state index contributed by atoms with van der Waals surface area (Å²) in [5, 5.41) is 9.04. The molecule has 1 unspecified atom stereocenters. The summed E-state index contributed by atoms with van der Waals surface area (Å²) in [4.78, 5) is 28.2. The van der Waals surface area contributed by atoms with E-state index in [-0.39, 0.29) is 12.1 Å². The molecule has 0 aliphatic carbocycles. The smallest absolute Gasteiger partial charge is 0.407 e. The number of piperazine rings is 1. The van der Waals surface area contributed by atoms with E-state index in [1.807, 2.05) is 24.3 Å². The molecule has 0 saturated carbocycles. The molecule has 2 fully saturated rings. The number of hydrogen-bond donors (Lipinski definition) is 1. The highest BCUT2D eigenvalue weighted by Gasteiger charge is 2.42. The molecule has 6 nitrogen and oxygen atoms in total. The number of fused-ring (bicyclic) bond motifs is 1. The zero-order chi connectivity index (χ0) is 14.3. The largest absolute Gasteiger partial charge is 0.465 e. The first-order valence-corrected chi connectivity index (χ1v) is 7.17. The fourth-order valence-corrected chi connectivity index (χ4v) is 2.98. The first kappa shape index (κ1) is 13.2. The van der Waals surface area contributed by atoms with Gasteiger partial charge in [0.15, 0.2) is 0 Å². The van der Waals surface area contributed by atoms with E-state index in [0.29, 0.717) is 26.2 Å². The first-order valence-electron chi connectivity index (χ1n) is 6.38. The summed E-state index contributed by atoms with van der Waals surface area (Å²) in [6, 6.07) is 7.45. The van der Waals surface area contributed by atoms with Crippen molar-refractivity contribution < 1.29 is 14.7 Å². The standard InChI is InChI=1S/C13H14BrN3O3/c14-9-1-3-10(4-2-9)17-8-11-7-15(13(19)20)5-6-16(11)12(17)18/h1-4,11H,5-8H2,(H,19,20). The van der Waals surface area contributed by atoms with E-state index in [9.17, 15) is 9.59 Å². The molecular formula is C13H14BrN3O3. The predicted molar refractivity (Wildman–Crippen MR) is 77.0 cm³/mol. The molecule has 1 atom stereocenters. The Bertz CT molecular complexity index is 548. The summed E-state index contributed by atoms with van der Waals surface area (Å²) in [5.74, 6) is 0. The Morgan fingerprint density at radius 3 is 2.55 bits per heavy atom. The number of amides is 3. The van der Waals surface area contributed by atoms with Gasteiger partial charge in [-0.3, -0.25) is 4.90 Å². The number of anilines is 1. The van der Waals surface area contributed by atoms with Crippen molar-refractivity contribution >= 4 is 33.7 Å². The van der Waals surface area contributed by atoms with Gasteiger partial charge in [0.2, 0.25) is 0 Å². The quantitative estimate of drug-likeness (QED) is 0.851. The van der Waals surface area contributed by atoms with Gasteiger partial charge in [0, 0.05) is 36.3 Å². The molecule has 1 aromatic rings. The third-order valence-electron chi connectivity index (χ3n) is 3.76. The summed E-state index contributed by atoms with van der Waals surface area (Å²) in [6.45, 7) is 1.76. The zero-order valence-electron chi connectivity index (χ0n) is 10.7. The summed E-state index contributed by atoms with van der Waals surface area (Å²) < 4.78 is 0.961. The Morgan fingerprint density at radius 1 is 1.20 bits per heavy atom. The van der Waals surface area contributed by atoms with E-state index in [4.69, 9.17) is 5.11 Å². The summed E-state index contributed by atoms with van der Waals surface area (Å²) in [6.07, 6.45) is -0.917. The number of urea groups is 1. The molecule has 20 heavy (non-hydrogen) atoms. The number of carbonyl (C=O) groups excluding carboxylic acids is 1. The Labute approximate surface area is 124 Å². The van der Waals surface area contributed by atoms with Crippen molar-refractivity contribution in [3.8, 4) is 0 Å².